The normalized spacial score (nSPS) is 17.1. The smallest absolute Gasteiger partial charge is 0.303 e. The highest BCUT2D eigenvalue weighted by atomic mass is 35.5. The van der Waals surface area contributed by atoms with Gasteiger partial charge in [0.1, 0.15) is 0 Å². The predicted octanol–water partition coefficient (Wildman–Crippen LogP) is 4.26. The van der Waals surface area contributed by atoms with Crippen LogP contribution in [0.15, 0.2) is 42.7 Å². The molecule has 1 aliphatic heterocycles. The third-order valence-electron chi connectivity index (χ3n) is 4.74. The molecule has 26 heavy (non-hydrogen) atoms. The molecular weight excluding hydrogens is 352 g/mol. The lowest BCUT2D eigenvalue weighted by Crippen LogP contribution is -2.44. The van der Waals surface area contributed by atoms with E-state index >= 15 is 0 Å². The molecule has 3 rings (SSSR count). The van der Waals surface area contributed by atoms with Crippen LogP contribution in [0.3, 0.4) is 0 Å². The van der Waals surface area contributed by atoms with E-state index in [4.69, 9.17) is 16.7 Å². The van der Waals surface area contributed by atoms with Crippen LogP contribution in [-0.2, 0) is 4.79 Å². The summed E-state index contributed by atoms with van der Waals surface area (Å²) in [5.41, 5.74) is 2.32. The van der Waals surface area contributed by atoms with Gasteiger partial charge in [0, 0.05) is 42.0 Å². The van der Waals surface area contributed by atoms with Crippen LogP contribution in [0.25, 0.3) is 11.1 Å². The quantitative estimate of drug-likeness (QED) is 0.851. The van der Waals surface area contributed by atoms with E-state index < -0.39 is 5.97 Å². The Hall–Kier alpha value is -2.40. The minimum absolute atomic E-state index is 0.0217. The third-order valence-corrected chi connectivity index (χ3v) is 4.99. The number of amides is 1. The minimum Gasteiger partial charge on any atom is -0.481 e. The summed E-state index contributed by atoms with van der Waals surface area (Å²) in [6.07, 6.45) is 6.69. The Morgan fingerprint density at radius 1 is 1.15 bits per heavy atom. The number of piperidine rings is 1. The number of hydrogen-bond donors (Lipinski definition) is 1. The summed E-state index contributed by atoms with van der Waals surface area (Å²) < 4.78 is 0. The first-order valence-electron chi connectivity index (χ1n) is 8.78. The molecule has 1 fully saturated rings. The molecule has 0 spiro atoms. The molecule has 1 aromatic carbocycles. The fourth-order valence-corrected chi connectivity index (χ4v) is 3.51. The molecule has 1 amide bonds. The van der Waals surface area contributed by atoms with E-state index in [0.29, 0.717) is 23.6 Å². The van der Waals surface area contributed by atoms with Crippen molar-refractivity contribution in [2.75, 3.05) is 6.54 Å². The van der Waals surface area contributed by atoms with Crippen LogP contribution >= 0.6 is 11.6 Å². The van der Waals surface area contributed by atoms with Gasteiger partial charge in [-0.25, -0.2) is 0 Å². The van der Waals surface area contributed by atoms with Gasteiger partial charge in [-0.1, -0.05) is 23.7 Å². The van der Waals surface area contributed by atoms with Gasteiger partial charge in [0.15, 0.2) is 0 Å². The number of carbonyl (C=O) groups excluding carboxylic acids is 1. The number of rotatable bonds is 5. The van der Waals surface area contributed by atoms with E-state index in [1.165, 1.54) is 0 Å². The van der Waals surface area contributed by atoms with Gasteiger partial charge in [-0.15, -0.1) is 0 Å². The number of aromatic nitrogens is 1. The fourth-order valence-electron chi connectivity index (χ4n) is 3.38. The van der Waals surface area contributed by atoms with Crippen molar-refractivity contribution < 1.29 is 14.7 Å². The molecule has 5 nitrogen and oxygen atoms in total. The Labute approximate surface area is 157 Å². The summed E-state index contributed by atoms with van der Waals surface area (Å²) in [7, 11) is 0. The van der Waals surface area contributed by atoms with E-state index in [2.05, 4.69) is 4.98 Å². The number of hydrogen-bond acceptors (Lipinski definition) is 3. The number of carboxylic acids is 1. The van der Waals surface area contributed by atoms with Crippen LogP contribution in [0.1, 0.15) is 42.5 Å². The Balaban J connectivity index is 1.80. The lowest BCUT2D eigenvalue weighted by molar-refractivity contribution is -0.137. The average Bonchev–Trinajstić information content (AvgIpc) is 2.66. The Bertz CT molecular complexity index is 792. The number of halogens is 1. The molecule has 0 aliphatic carbocycles. The number of nitrogens with zero attached hydrogens (tertiary/aromatic N) is 2. The largest absolute Gasteiger partial charge is 0.481 e. The number of carbonyl (C=O) groups is 2. The molecule has 0 saturated carbocycles. The van der Waals surface area contributed by atoms with Crippen LogP contribution < -0.4 is 0 Å². The molecule has 6 heteroatoms. The van der Waals surface area contributed by atoms with E-state index in [-0.39, 0.29) is 18.4 Å². The second-order valence-corrected chi connectivity index (χ2v) is 6.99. The third kappa shape index (κ3) is 4.41. The molecule has 0 bridgehead atoms. The fraction of sp³-hybridized carbons (Fsp3) is 0.350. The molecule has 1 aliphatic rings. The molecule has 2 aromatic rings. The molecule has 1 N–H and O–H groups in total. The highest BCUT2D eigenvalue weighted by Gasteiger charge is 2.28. The summed E-state index contributed by atoms with van der Waals surface area (Å²) in [6, 6.07) is 9.21. The topological polar surface area (TPSA) is 70.5 Å². The first kappa shape index (κ1) is 18.4. The zero-order chi connectivity index (χ0) is 18.5. The molecule has 1 atom stereocenters. The molecule has 1 aromatic heterocycles. The highest BCUT2D eigenvalue weighted by molar-refractivity contribution is 6.30. The zero-order valence-electron chi connectivity index (χ0n) is 14.4. The summed E-state index contributed by atoms with van der Waals surface area (Å²) >= 11 is 5.93. The highest BCUT2D eigenvalue weighted by Crippen LogP contribution is 2.25. The van der Waals surface area contributed by atoms with Crippen molar-refractivity contribution in [3.05, 3.63) is 53.3 Å². The van der Waals surface area contributed by atoms with Crippen molar-refractivity contribution in [2.24, 2.45) is 0 Å². The molecule has 2 heterocycles. The van der Waals surface area contributed by atoms with E-state index in [1.807, 2.05) is 23.1 Å². The molecule has 0 radical (unpaired) electrons. The number of carboxylic acid groups (broad SMARTS) is 1. The first-order chi connectivity index (χ1) is 12.5. The van der Waals surface area contributed by atoms with Crippen molar-refractivity contribution in [1.82, 2.24) is 9.88 Å². The zero-order valence-corrected chi connectivity index (χ0v) is 15.2. The summed E-state index contributed by atoms with van der Waals surface area (Å²) in [6.45, 7) is 0.661. The lowest BCUT2D eigenvalue weighted by atomic mass is 9.96. The van der Waals surface area contributed by atoms with Crippen molar-refractivity contribution in [3.63, 3.8) is 0 Å². The second kappa shape index (κ2) is 8.32. The van der Waals surface area contributed by atoms with Crippen LogP contribution in [0, 0.1) is 0 Å². The van der Waals surface area contributed by atoms with Gasteiger partial charge in [-0.3, -0.25) is 14.6 Å². The van der Waals surface area contributed by atoms with Gasteiger partial charge in [0.25, 0.3) is 5.91 Å². The van der Waals surface area contributed by atoms with Gasteiger partial charge < -0.3 is 10.0 Å². The summed E-state index contributed by atoms with van der Waals surface area (Å²) in [5, 5.41) is 9.60. The molecule has 136 valence electrons. The lowest BCUT2D eigenvalue weighted by Gasteiger charge is -2.35. The van der Waals surface area contributed by atoms with Crippen LogP contribution in [0.4, 0.5) is 0 Å². The van der Waals surface area contributed by atoms with Crippen LogP contribution in [0.5, 0.6) is 0 Å². The maximum Gasteiger partial charge on any atom is 0.303 e. The number of benzene rings is 1. The van der Waals surface area contributed by atoms with Crippen molar-refractivity contribution in [3.8, 4) is 11.1 Å². The monoisotopic (exact) mass is 372 g/mol. The summed E-state index contributed by atoms with van der Waals surface area (Å²) in [4.78, 5) is 29.9. The summed E-state index contributed by atoms with van der Waals surface area (Å²) in [5.74, 6) is -0.905. The Morgan fingerprint density at radius 3 is 2.65 bits per heavy atom. The maximum atomic E-state index is 13.0. The SMILES string of the molecule is O=C(O)CCC1CCCCN1C(=O)c1cncc(-c2ccc(Cl)cc2)c1. The van der Waals surface area contributed by atoms with Gasteiger partial charge in [0.2, 0.25) is 0 Å². The van der Waals surface area contributed by atoms with Gasteiger partial charge in [-0.05, 0) is 49.4 Å². The average molecular weight is 373 g/mol. The number of aliphatic carboxylic acids is 1. The van der Waals surface area contributed by atoms with Crippen molar-refractivity contribution in [2.45, 2.75) is 38.1 Å². The van der Waals surface area contributed by atoms with Gasteiger partial charge in [-0.2, -0.15) is 0 Å². The standard InChI is InChI=1S/C20H21ClN2O3/c21-17-6-4-14(5-7-17)15-11-16(13-22-12-15)20(26)23-10-2-1-3-18(23)8-9-19(24)25/h4-7,11-13,18H,1-3,8-10H2,(H,24,25). The first-order valence-corrected chi connectivity index (χ1v) is 9.16. The Morgan fingerprint density at radius 2 is 1.92 bits per heavy atom. The maximum absolute atomic E-state index is 13.0. The van der Waals surface area contributed by atoms with Gasteiger partial charge in [0.05, 0.1) is 5.56 Å². The molecule has 1 unspecified atom stereocenters. The van der Waals surface area contributed by atoms with Crippen LogP contribution in [0.2, 0.25) is 5.02 Å². The van der Waals surface area contributed by atoms with Crippen LogP contribution in [-0.4, -0.2) is 39.5 Å². The van der Waals surface area contributed by atoms with Gasteiger partial charge >= 0.3 is 5.97 Å². The van der Waals surface area contributed by atoms with Crippen molar-refractivity contribution >= 4 is 23.5 Å². The predicted molar refractivity (Wildman–Crippen MR) is 100 cm³/mol. The Kier molecular flexibility index (Phi) is 5.89. The van der Waals surface area contributed by atoms with Crippen molar-refractivity contribution in [1.29, 1.82) is 0 Å². The number of likely N-dealkylation sites (tertiary alicyclic amines) is 1. The molecule has 1 saturated heterocycles. The minimum atomic E-state index is -0.825. The van der Waals surface area contributed by atoms with E-state index in [9.17, 15) is 9.59 Å². The number of pyridine rings is 1. The second-order valence-electron chi connectivity index (χ2n) is 6.55. The van der Waals surface area contributed by atoms with E-state index in [1.54, 1.807) is 24.5 Å². The molecular formula is C20H21ClN2O3. The van der Waals surface area contributed by atoms with E-state index in [0.717, 1.165) is 30.4 Å².